The fraction of sp³-hybridized carbons (Fsp3) is 0.800. The lowest BCUT2D eigenvalue weighted by Crippen LogP contribution is -2.48. The van der Waals surface area contributed by atoms with Gasteiger partial charge in [0.25, 0.3) is 0 Å². The van der Waals surface area contributed by atoms with Gasteiger partial charge in [-0.05, 0) is 67.3 Å². The van der Waals surface area contributed by atoms with Gasteiger partial charge in [-0.15, -0.1) is 0 Å². The second-order valence-electron chi connectivity index (χ2n) is 6.84. The molecule has 5 rings (SSSR count). The molecule has 1 aliphatic heterocycles. The van der Waals surface area contributed by atoms with Crippen molar-refractivity contribution in [3.05, 3.63) is 11.6 Å². The van der Waals surface area contributed by atoms with E-state index < -0.39 is 12.0 Å². The van der Waals surface area contributed by atoms with Gasteiger partial charge in [0.05, 0.1) is 0 Å². The quantitative estimate of drug-likeness (QED) is 0.734. The normalized spacial score (nSPS) is 49.4. The van der Waals surface area contributed by atoms with Gasteiger partial charge in [-0.3, -0.25) is 10.1 Å². The molecule has 1 heterocycles. The molecule has 18 heavy (non-hydrogen) atoms. The summed E-state index contributed by atoms with van der Waals surface area (Å²) >= 11 is 0. The molecule has 1 unspecified atom stereocenters. The number of aliphatic carboxylic acids is 1. The first-order valence-electron chi connectivity index (χ1n) is 7.38. The maximum absolute atomic E-state index is 11.3. The number of carbonyl (C=O) groups is 1. The van der Waals surface area contributed by atoms with E-state index in [1.54, 1.807) is 0 Å². The van der Waals surface area contributed by atoms with Crippen LogP contribution in [0.3, 0.4) is 0 Å². The van der Waals surface area contributed by atoms with Gasteiger partial charge in [0.1, 0.15) is 6.04 Å². The van der Waals surface area contributed by atoms with Crippen molar-refractivity contribution in [3.8, 4) is 0 Å². The van der Waals surface area contributed by atoms with E-state index in [9.17, 15) is 9.90 Å². The van der Waals surface area contributed by atoms with Crippen LogP contribution in [0, 0.1) is 29.6 Å². The number of carboxylic acids is 1. The lowest BCUT2D eigenvalue weighted by molar-refractivity contribution is -0.138. The first-order chi connectivity index (χ1) is 8.72. The fourth-order valence-electron chi connectivity index (χ4n) is 5.56. The van der Waals surface area contributed by atoms with Crippen LogP contribution < -0.4 is 5.32 Å². The summed E-state index contributed by atoms with van der Waals surface area (Å²) in [5, 5.41) is 12.5. The van der Waals surface area contributed by atoms with Crippen molar-refractivity contribution in [1.29, 1.82) is 0 Å². The van der Waals surface area contributed by atoms with E-state index >= 15 is 0 Å². The Bertz CT molecular complexity index is 387. The van der Waals surface area contributed by atoms with Crippen LogP contribution in [0.4, 0.5) is 0 Å². The molecule has 98 valence electrons. The molecule has 4 aliphatic carbocycles. The highest BCUT2D eigenvalue weighted by molar-refractivity contribution is 5.78. The fourth-order valence-corrected chi connectivity index (χ4v) is 5.56. The minimum Gasteiger partial charge on any atom is -0.480 e. The Balaban J connectivity index is 1.63. The average Bonchev–Trinajstić information content (AvgIpc) is 2.76. The van der Waals surface area contributed by atoms with Gasteiger partial charge >= 0.3 is 5.97 Å². The molecular weight excluding hydrogens is 226 g/mol. The molecule has 4 saturated carbocycles. The molecule has 1 atom stereocenters. The summed E-state index contributed by atoms with van der Waals surface area (Å²) in [6.45, 7) is 0.745. The summed E-state index contributed by atoms with van der Waals surface area (Å²) in [5.41, 5.74) is 1.22. The highest BCUT2D eigenvalue weighted by atomic mass is 16.4. The molecule has 4 bridgehead atoms. The third kappa shape index (κ3) is 1.49. The van der Waals surface area contributed by atoms with Gasteiger partial charge in [0, 0.05) is 6.54 Å². The Hall–Kier alpha value is -0.830. The minimum atomic E-state index is -0.687. The predicted octanol–water partition coefficient (Wildman–Crippen LogP) is 2.04. The maximum atomic E-state index is 11.3. The molecule has 2 N–H and O–H groups in total. The molecular formula is C15H21NO2. The van der Waals surface area contributed by atoms with Crippen molar-refractivity contribution in [2.75, 3.05) is 6.54 Å². The monoisotopic (exact) mass is 247 g/mol. The molecule has 0 aromatic heterocycles. The minimum absolute atomic E-state index is 0.396. The topological polar surface area (TPSA) is 49.3 Å². The molecule has 3 nitrogen and oxygen atoms in total. The summed E-state index contributed by atoms with van der Waals surface area (Å²) in [7, 11) is 0. The Morgan fingerprint density at radius 1 is 1.11 bits per heavy atom. The van der Waals surface area contributed by atoms with Gasteiger partial charge in [0.2, 0.25) is 0 Å². The van der Waals surface area contributed by atoms with Gasteiger partial charge in [-0.1, -0.05) is 6.08 Å². The summed E-state index contributed by atoms with van der Waals surface area (Å²) < 4.78 is 0. The number of carboxylic acid groups (broad SMARTS) is 1. The molecule has 5 aliphatic rings. The maximum Gasteiger partial charge on any atom is 0.325 e. The van der Waals surface area contributed by atoms with Crippen LogP contribution in [0.1, 0.15) is 32.1 Å². The van der Waals surface area contributed by atoms with Crippen LogP contribution in [-0.4, -0.2) is 23.7 Å². The van der Waals surface area contributed by atoms with E-state index in [0.717, 1.165) is 30.2 Å². The first kappa shape index (κ1) is 11.0. The number of rotatable bonds is 2. The Labute approximate surface area is 108 Å². The van der Waals surface area contributed by atoms with Gasteiger partial charge in [0.15, 0.2) is 0 Å². The van der Waals surface area contributed by atoms with Crippen LogP contribution >= 0.6 is 0 Å². The van der Waals surface area contributed by atoms with Crippen LogP contribution in [-0.2, 0) is 4.79 Å². The van der Waals surface area contributed by atoms with Crippen molar-refractivity contribution in [3.63, 3.8) is 0 Å². The molecule has 0 saturated heterocycles. The summed E-state index contributed by atoms with van der Waals surface area (Å²) in [4.78, 5) is 11.3. The predicted molar refractivity (Wildman–Crippen MR) is 68.0 cm³/mol. The van der Waals surface area contributed by atoms with Crippen LogP contribution in [0.2, 0.25) is 0 Å². The van der Waals surface area contributed by atoms with E-state index in [-0.39, 0.29) is 0 Å². The highest BCUT2D eigenvalue weighted by Gasteiger charge is 2.51. The largest absolute Gasteiger partial charge is 0.480 e. The number of nitrogens with one attached hydrogen (secondary N) is 1. The lowest BCUT2D eigenvalue weighted by atomic mass is 9.50. The molecule has 0 aromatic rings. The zero-order valence-corrected chi connectivity index (χ0v) is 10.6. The van der Waals surface area contributed by atoms with Crippen LogP contribution in [0.25, 0.3) is 0 Å². The van der Waals surface area contributed by atoms with Gasteiger partial charge in [-0.2, -0.15) is 0 Å². The summed E-state index contributed by atoms with van der Waals surface area (Å²) in [5.74, 6) is 3.38. The third-order valence-corrected chi connectivity index (χ3v) is 5.85. The first-order valence-corrected chi connectivity index (χ1v) is 7.38. The van der Waals surface area contributed by atoms with Crippen LogP contribution in [0.15, 0.2) is 11.6 Å². The Morgan fingerprint density at radius 2 is 1.72 bits per heavy atom. The Morgan fingerprint density at radius 3 is 2.28 bits per heavy atom. The standard InChI is InChI=1S/C15H21NO2/c17-15(18)14-12(1-2-16-14)13-10-4-8-3-9(6-10)7-11(13)5-8/h1,8-11,13-14,16H,2-7H2,(H,17,18). The second-order valence-corrected chi connectivity index (χ2v) is 6.84. The van der Waals surface area contributed by atoms with Gasteiger partial charge in [-0.25, -0.2) is 0 Å². The van der Waals surface area contributed by atoms with Crippen molar-refractivity contribution in [1.82, 2.24) is 5.32 Å². The van der Waals surface area contributed by atoms with E-state index in [2.05, 4.69) is 11.4 Å². The molecule has 4 fully saturated rings. The van der Waals surface area contributed by atoms with Crippen molar-refractivity contribution < 1.29 is 9.90 Å². The molecule has 0 amide bonds. The van der Waals surface area contributed by atoms with Gasteiger partial charge < -0.3 is 5.11 Å². The van der Waals surface area contributed by atoms with Crippen molar-refractivity contribution >= 4 is 5.97 Å². The zero-order chi connectivity index (χ0) is 12.3. The number of hydrogen-bond acceptors (Lipinski definition) is 2. The SMILES string of the molecule is O=C(O)C1NCC=C1C1C2CC3CC(C2)CC1C3. The van der Waals surface area contributed by atoms with E-state index in [0.29, 0.717) is 5.92 Å². The molecule has 0 aromatic carbocycles. The van der Waals surface area contributed by atoms with E-state index in [4.69, 9.17) is 0 Å². The average molecular weight is 247 g/mol. The second kappa shape index (κ2) is 3.83. The highest BCUT2D eigenvalue weighted by Crippen LogP contribution is 2.58. The molecule has 3 heteroatoms. The number of hydrogen-bond donors (Lipinski definition) is 2. The molecule has 0 radical (unpaired) electrons. The van der Waals surface area contributed by atoms with E-state index in [1.165, 1.54) is 37.7 Å². The van der Waals surface area contributed by atoms with E-state index in [1.807, 2.05) is 0 Å². The smallest absolute Gasteiger partial charge is 0.325 e. The lowest BCUT2D eigenvalue weighted by Gasteiger charge is -2.55. The molecule has 0 spiro atoms. The summed E-state index contributed by atoms with van der Waals surface area (Å²) in [6.07, 6.45) is 9.08. The zero-order valence-electron chi connectivity index (χ0n) is 10.6. The third-order valence-electron chi connectivity index (χ3n) is 5.85. The van der Waals surface area contributed by atoms with Crippen molar-refractivity contribution in [2.24, 2.45) is 29.6 Å². The van der Waals surface area contributed by atoms with Crippen LogP contribution in [0.5, 0.6) is 0 Å². The summed E-state index contributed by atoms with van der Waals surface area (Å²) in [6, 6.07) is -0.396. The Kier molecular flexibility index (Phi) is 2.35. The van der Waals surface area contributed by atoms with Crippen molar-refractivity contribution in [2.45, 2.75) is 38.1 Å².